The smallest absolute Gasteiger partial charge is 0.318 e. The summed E-state index contributed by atoms with van der Waals surface area (Å²) >= 11 is 0. The van der Waals surface area contributed by atoms with E-state index in [-0.39, 0.29) is 24.0 Å². The normalized spacial score (nSPS) is 22.5. The Labute approximate surface area is 137 Å². The molecule has 1 aromatic rings. The van der Waals surface area contributed by atoms with E-state index < -0.39 is 0 Å². The number of hydrogen-bond donors (Lipinski definition) is 2. The van der Waals surface area contributed by atoms with Crippen LogP contribution in [0.2, 0.25) is 0 Å². The summed E-state index contributed by atoms with van der Waals surface area (Å²) in [6, 6.07) is 9.58. The molecule has 3 rings (SSSR count). The molecule has 5 heteroatoms. The number of carbonyl (C=O) groups excluding carboxylic acids is 2. The molecule has 1 aliphatic heterocycles. The van der Waals surface area contributed by atoms with E-state index in [2.05, 4.69) is 10.6 Å². The average Bonchev–Trinajstić information content (AvgIpc) is 2.58. The van der Waals surface area contributed by atoms with Crippen LogP contribution >= 0.6 is 0 Å². The molecule has 124 valence electrons. The predicted octanol–water partition coefficient (Wildman–Crippen LogP) is 2.42. The minimum absolute atomic E-state index is 0.00248. The van der Waals surface area contributed by atoms with Gasteiger partial charge in [-0.05, 0) is 24.8 Å². The number of nitrogens with one attached hydrogen (secondary N) is 2. The zero-order valence-corrected chi connectivity index (χ0v) is 13.5. The van der Waals surface area contributed by atoms with E-state index in [0.717, 1.165) is 18.4 Å². The van der Waals surface area contributed by atoms with Gasteiger partial charge in [-0.25, -0.2) is 4.79 Å². The maximum Gasteiger partial charge on any atom is 0.318 e. The third kappa shape index (κ3) is 4.03. The molecule has 1 saturated carbocycles. The fourth-order valence-corrected chi connectivity index (χ4v) is 3.49. The molecule has 0 bridgehead atoms. The van der Waals surface area contributed by atoms with Crippen LogP contribution in [0.1, 0.15) is 44.1 Å². The monoisotopic (exact) mass is 315 g/mol. The number of nitrogens with zero attached hydrogens (tertiary/aromatic N) is 1. The number of benzene rings is 1. The number of carbonyl (C=O) groups is 2. The van der Waals surface area contributed by atoms with Crippen LogP contribution in [0.25, 0.3) is 0 Å². The van der Waals surface area contributed by atoms with Crippen molar-refractivity contribution in [2.45, 2.75) is 57.2 Å². The lowest BCUT2D eigenvalue weighted by Crippen LogP contribution is -2.58. The molecule has 2 aliphatic rings. The molecule has 1 aliphatic carbocycles. The molecule has 2 fully saturated rings. The summed E-state index contributed by atoms with van der Waals surface area (Å²) in [5.41, 5.74) is 1.04. The molecule has 0 radical (unpaired) electrons. The van der Waals surface area contributed by atoms with E-state index in [1.807, 2.05) is 30.3 Å². The van der Waals surface area contributed by atoms with Crippen molar-refractivity contribution in [1.29, 1.82) is 0 Å². The second kappa shape index (κ2) is 7.49. The van der Waals surface area contributed by atoms with Gasteiger partial charge in [-0.3, -0.25) is 4.79 Å². The van der Waals surface area contributed by atoms with E-state index in [0.29, 0.717) is 19.5 Å². The van der Waals surface area contributed by atoms with Gasteiger partial charge in [0.25, 0.3) is 0 Å². The number of hydrogen-bond acceptors (Lipinski definition) is 2. The van der Waals surface area contributed by atoms with Crippen LogP contribution in [-0.2, 0) is 11.3 Å². The second-order valence-corrected chi connectivity index (χ2v) is 6.49. The first-order valence-electron chi connectivity index (χ1n) is 8.63. The van der Waals surface area contributed by atoms with Gasteiger partial charge in [-0.2, -0.15) is 0 Å². The van der Waals surface area contributed by atoms with E-state index in [9.17, 15) is 9.59 Å². The fraction of sp³-hybridized carbons (Fsp3) is 0.556. The van der Waals surface area contributed by atoms with Crippen molar-refractivity contribution in [2.75, 3.05) is 6.54 Å². The molecule has 0 aromatic heterocycles. The van der Waals surface area contributed by atoms with Crippen LogP contribution in [-0.4, -0.2) is 35.5 Å². The quantitative estimate of drug-likeness (QED) is 0.896. The molecular formula is C18H25N3O2. The van der Waals surface area contributed by atoms with Crippen LogP contribution in [0, 0.1) is 0 Å². The maximum absolute atomic E-state index is 12.7. The van der Waals surface area contributed by atoms with E-state index in [1.165, 1.54) is 19.3 Å². The summed E-state index contributed by atoms with van der Waals surface area (Å²) < 4.78 is 0. The van der Waals surface area contributed by atoms with Crippen LogP contribution in [0.4, 0.5) is 4.79 Å². The summed E-state index contributed by atoms with van der Waals surface area (Å²) in [5, 5.41) is 6.01. The molecule has 2 N–H and O–H groups in total. The zero-order valence-electron chi connectivity index (χ0n) is 13.5. The van der Waals surface area contributed by atoms with Gasteiger partial charge < -0.3 is 15.5 Å². The van der Waals surface area contributed by atoms with Crippen molar-refractivity contribution in [3.05, 3.63) is 35.9 Å². The Morgan fingerprint density at radius 1 is 1.13 bits per heavy atom. The van der Waals surface area contributed by atoms with Gasteiger partial charge in [0, 0.05) is 19.1 Å². The third-order valence-corrected chi connectivity index (χ3v) is 4.78. The lowest BCUT2D eigenvalue weighted by atomic mass is 9.95. The summed E-state index contributed by atoms with van der Waals surface area (Å²) in [6.45, 7) is 1.03. The Kier molecular flexibility index (Phi) is 5.16. The van der Waals surface area contributed by atoms with Crippen molar-refractivity contribution in [3.63, 3.8) is 0 Å². The minimum atomic E-state index is -0.370. The zero-order chi connectivity index (χ0) is 16.1. The first-order valence-corrected chi connectivity index (χ1v) is 8.63. The Bertz CT molecular complexity index is 540. The van der Waals surface area contributed by atoms with Gasteiger partial charge in [0.15, 0.2) is 0 Å². The number of urea groups is 1. The van der Waals surface area contributed by atoms with Gasteiger partial charge in [-0.1, -0.05) is 49.6 Å². The van der Waals surface area contributed by atoms with Gasteiger partial charge in [0.1, 0.15) is 6.04 Å². The number of rotatable bonds is 4. The second-order valence-electron chi connectivity index (χ2n) is 6.49. The van der Waals surface area contributed by atoms with Gasteiger partial charge >= 0.3 is 6.03 Å². The highest BCUT2D eigenvalue weighted by molar-refractivity contribution is 5.88. The van der Waals surface area contributed by atoms with E-state index >= 15 is 0 Å². The summed E-state index contributed by atoms with van der Waals surface area (Å²) in [5.74, 6) is 0.00248. The lowest BCUT2D eigenvalue weighted by molar-refractivity contribution is -0.127. The Morgan fingerprint density at radius 2 is 1.87 bits per heavy atom. The molecule has 1 unspecified atom stereocenters. The Balaban J connectivity index is 1.67. The highest BCUT2D eigenvalue weighted by Crippen LogP contribution is 2.19. The average molecular weight is 315 g/mol. The van der Waals surface area contributed by atoms with Crippen LogP contribution in [0.3, 0.4) is 0 Å². The summed E-state index contributed by atoms with van der Waals surface area (Å²) in [4.78, 5) is 26.6. The van der Waals surface area contributed by atoms with Gasteiger partial charge in [0.2, 0.25) is 5.91 Å². The molecule has 3 amide bonds. The highest BCUT2D eigenvalue weighted by atomic mass is 16.2. The molecule has 1 saturated heterocycles. The molecule has 1 heterocycles. The van der Waals surface area contributed by atoms with Crippen molar-refractivity contribution < 1.29 is 9.59 Å². The maximum atomic E-state index is 12.7. The third-order valence-electron chi connectivity index (χ3n) is 4.78. The largest absolute Gasteiger partial charge is 0.352 e. The highest BCUT2D eigenvalue weighted by Gasteiger charge is 2.34. The Morgan fingerprint density at radius 3 is 2.61 bits per heavy atom. The molecule has 1 atom stereocenters. The van der Waals surface area contributed by atoms with Gasteiger partial charge in [-0.15, -0.1) is 0 Å². The SMILES string of the molecule is O=C(NC1CCCCC1)C1CCNC(=O)N1Cc1ccccc1. The Hall–Kier alpha value is -2.04. The molecule has 23 heavy (non-hydrogen) atoms. The minimum Gasteiger partial charge on any atom is -0.352 e. The summed E-state index contributed by atoms with van der Waals surface area (Å²) in [6.07, 6.45) is 6.41. The van der Waals surface area contributed by atoms with Crippen molar-refractivity contribution >= 4 is 11.9 Å². The first-order chi connectivity index (χ1) is 11.2. The topological polar surface area (TPSA) is 61.4 Å². The number of amides is 3. The molecule has 0 spiro atoms. The van der Waals surface area contributed by atoms with Crippen LogP contribution < -0.4 is 10.6 Å². The molecule has 1 aromatic carbocycles. The van der Waals surface area contributed by atoms with Crippen LogP contribution in [0.15, 0.2) is 30.3 Å². The molecule has 5 nitrogen and oxygen atoms in total. The van der Waals surface area contributed by atoms with Crippen molar-refractivity contribution in [2.24, 2.45) is 0 Å². The predicted molar refractivity (Wildman–Crippen MR) is 88.8 cm³/mol. The van der Waals surface area contributed by atoms with E-state index in [1.54, 1.807) is 4.90 Å². The molecular weight excluding hydrogens is 290 g/mol. The van der Waals surface area contributed by atoms with Crippen molar-refractivity contribution in [3.8, 4) is 0 Å². The fourth-order valence-electron chi connectivity index (χ4n) is 3.49. The van der Waals surface area contributed by atoms with Crippen LogP contribution in [0.5, 0.6) is 0 Å². The van der Waals surface area contributed by atoms with E-state index in [4.69, 9.17) is 0 Å². The lowest BCUT2D eigenvalue weighted by Gasteiger charge is -2.36. The summed E-state index contributed by atoms with van der Waals surface area (Å²) in [7, 11) is 0. The van der Waals surface area contributed by atoms with Crippen molar-refractivity contribution in [1.82, 2.24) is 15.5 Å². The standard InChI is InChI=1S/C18H25N3O2/c22-17(20-15-9-5-2-6-10-15)16-11-12-19-18(23)21(16)13-14-7-3-1-4-8-14/h1,3-4,7-8,15-16H,2,5-6,9-13H2,(H,19,23)(H,20,22). The first kappa shape index (κ1) is 15.8. The van der Waals surface area contributed by atoms with Gasteiger partial charge in [0.05, 0.1) is 0 Å².